The molecule has 2 aromatic rings. The molecular weight excluding hydrogens is 325 g/mol. The molecule has 1 heterocycles. The van der Waals surface area contributed by atoms with Gasteiger partial charge in [-0.15, -0.1) is 0 Å². The van der Waals surface area contributed by atoms with Crippen LogP contribution in [0.15, 0.2) is 34.2 Å². The van der Waals surface area contributed by atoms with Gasteiger partial charge in [-0.05, 0) is 24.3 Å². The number of benzene rings is 1. The van der Waals surface area contributed by atoms with Crippen LogP contribution < -0.4 is 11.0 Å². The van der Waals surface area contributed by atoms with Gasteiger partial charge < -0.3 is 0 Å². The number of hydrazone groups is 1. The molecule has 6 nitrogen and oxygen atoms in total. The largest absolute Gasteiger partial charge is 0.433 e. The molecule has 0 radical (unpaired) electrons. The van der Waals surface area contributed by atoms with E-state index in [1.54, 1.807) is 10.2 Å². The first-order chi connectivity index (χ1) is 10.3. The number of carbonyl (C=O) groups is 1. The van der Waals surface area contributed by atoms with E-state index in [0.717, 1.165) is 0 Å². The van der Waals surface area contributed by atoms with Crippen molar-refractivity contribution in [1.82, 2.24) is 15.6 Å². The van der Waals surface area contributed by atoms with E-state index in [1.807, 2.05) is 5.43 Å². The van der Waals surface area contributed by atoms with Gasteiger partial charge in [0.25, 0.3) is 11.5 Å². The molecule has 1 aromatic carbocycles. The van der Waals surface area contributed by atoms with Crippen molar-refractivity contribution in [3.63, 3.8) is 0 Å². The summed E-state index contributed by atoms with van der Waals surface area (Å²) in [5.74, 6) is -0.659. The van der Waals surface area contributed by atoms with Crippen LogP contribution in [0.1, 0.15) is 21.6 Å². The number of halogens is 4. The van der Waals surface area contributed by atoms with Crippen molar-refractivity contribution in [2.75, 3.05) is 0 Å². The molecule has 0 unspecified atom stereocenters. The Balaban J connectivity index is 2.13. The van der Waals surface area contributed by atoms with Crippen LogP contribution in [0.5, 0.6) is 0 Å². The number of aromatic amines is 2. The number of hydrogen-bond donors (Lipinski definition) is 3. The van der Waals surface area contributed by atoms with Crippen LogP contribution in [0.25, 0.3) is 0 Å². The van der Waals surface area contributed by atoms with Crippen molar-refractivity contribution in [1.29, 1.82) is 0 Å². The van der Waals surface area contributed by atoms with E-state index in [4.69, 9.17) is 11.6 Å². The molecule has 0 bridgehead atoms. The number of carbonyl (C=O) groups excluding carboxylic acids is 1. The molecule has 0 spiro atoms. The van der Waals surface area contributed by atoms with Gasteiger partial charge in [-0.3, -0.25) is 19.8 Å². The Labute approximate surface area is 126 Å². The van der Waals surface area contributed by atoms with Crippen LogP contribution in [0.2, 0.25) is 5.02 Å². The number of rotatable bonds is 3. The lowest BCUT2D eigenvalue weighted by Gasteiger charge is -2.03. The van der Waals surface area contributed by atoms with Crippen LogP contribution in [0.4, 0.5) is 13.2 Å². The number of hydrogen-bond acceptors (Lipinski definition) is 3. The van der Waals surface area contributed by atoms with Gasteiger partial charge in [-0.1, -0.05) is 11.6 Å². The van der Waals surface area contributed by atoms with Crippen molar-refractivity contribution in [3.8, 4) is 0 Å². The van der Waals surface area contributed by atoms with Crippen molar-refractivity contribution in [2.24, 2.45) is 5.10 Å². The fraction of sp³-hybridized carbons (Fsp3) is 0.0833. The van der Waals surface area contributed by atoms with E-state index in [2.05, 4.69) is 5.10 Å². The minimum Gasteiger partial charge on any atom is -0.293 e. The summed E-state index contributed by atoms with van der Waals surface area (Å²) in [5, 5.41) is 7.28. The lowest BCUT2D eigenvalue weighted by Crippen LogP contribution is -2.19. The van der Waals surface area contributed by atoms with Gasteiger partial charge in [-0.2, -0.15) is 18.3 Å². The second-order valence-corrected chi connectivity index (χ2v) is 4.51. The molecule has 1 aromatic heterocycles. The molecule has 1 amide bonds. The van der Waals surface area contributed by atoms with Crippen molar-refractivity contribution >= 4 is 23.7 Å². The number of amides is 1. The van der Waals surface area contributed by atoms with Crippen LogP contribution in [-0.2, 0) is 6.18 Å². The monoisotopic (exact) mass is 332 g/mol. The average molecular weight is 333 g/mol. The van der Waals surface area contributed by atoms with Crippen molar-refractivity contribution in [3.05, 3.63) is 56.5 Å². The SMILES string of the molecule is O=C(NN=Cc1c(C(F)(F)F)[nH][nH]c1=O)c1ccc(Cl)cc1. The second-order valence-electron chi connectivity index (χ2n) is 4.07. The summed E-state index contributed by atoms with van der Waals surface area (Å²) >= 11 is 5.66. The van der Waals surface area contributed by atoms with E-state index >= 15 is 0 Å². The molecule has 116 valence electrons. The summed E-state index contributed by atoms with van der Waals surface area (Å²) < 4.78 is 37.8. The molecular formula is C12H8ClF3N4O2. The zero-order valence-electron chi connectivity index (χ0n) is 10.7. The van der Waals surface area contributed by atoms with Crippen molar-refractivity contribution < 1.29 is 18.0 Å². The van der Waals surface area contributed by atoms with Gasteiger partial charge in [0.1, 0.15) is 0 Å². The van der Waals surface area contributed by atoms with Crippen LogP contribution >= 0.6 is 11.6 Å². The molecule has 0 aliphatic rings. The van der Waals surface area contributed by atoms with Gasteiger partial charge in [0, 0.05) is 10.6 Å². The molecule has 0 aliphatic heterocycles. The van der Waals surface area contributed by atoms with Crippen LogP contribution in [0.3, 0.4) is 0 Å². The van der Waals surface area contributed by atoms with Crippen LogP contribution in [0, 0.1) is 0 Å². The highest BCUT2D eigenvalue weighted by molar-refractivity contribution is 6.30. The van der Waals surface area contributed by atoms with Gasteiger partial charge in [0.15, 0.2) is 5.69 Å². The predicted molar refractivity (Wildman–Crippen MR) is 72.9 cm³/mol. The third-order valence-electron chi connectivity index (χ3n) is 2.56. The third-order valence-corrected chi connectivity index (χ3v) is 2.82. The van der Waals surface area contributed by atoms with Gasteiger partial charge in [-0.25, -0.2) is 5.43 Å². The van der Waals surface area contributed by atoms with Gasteiger partial charge in [0.05, 0.1) is 11.8 Å². The van der Waals surface area contributed by atoms with Crippen LogP contribution in [-0.4, -0.2) is 22.3 Å². The summed E-state index contributed by atoms with van der Waals surface area (Å²) in [7, 11) is 0. The number of alkyl halides is 3. The Hall–Kier alpha value is -2.55. The fourth-order valence-electron chi connectivity index (χ4n) is 1.54. The first-order valence-corrected chi connectivity index (χ1v) is 6.13. The minimum absolute atomic E-state index is 0.209. The highest BCUT2D eigenvalue weighted by Gasteiger charge is 2.36. The zero-order valence-corrected chi connectivity index (χ0v) is 11.4. The van der Waals surface area contributed by atoms with E-state index < -0.39 is 28.9 Å². The molecule has 0 atom stereocenters. The quantitative estimate of drug-likeness (QED) is 0.593. The average Bonchev–Trinajstić information content (AvgIpc) is 2.81. The molecule has 2 rings (SSSR count). The maximum absolute atomic E-state index is 12.6. The molecule has 10 heteroatoms. The molecule has 3 N–H and O–H groups in total. The Kier molecular flexibility index (Phi) is 4.36. The smallest absolute Gasteiger partial charge is 0.293 e. The highest BCUT2D eigenvalue weighted by Crippen LogP contribution is 2.27. The molecule has 0 saturated carbocycles. The Bertz CT molecular complexity index is 762. The summed E-state index contributed by atoms with van der Waals surface area (Å²) in [5.41, 5.74) is -0.787. The minimum atomic E-state index is -4.75. The van der Waals surface area contributed by atoms with Gasteiger partial charge in [0.2, 0.25) is 0 Å². The Morgan fingerprint density at radius 2 is 1.86 bits per heavy atom. The maximum atomic E-state index is 12.6. The lowest BCUT2D eigenvalue weighted by molar-refractivity contribution is -0.141. The van der Waals surface area contributed by atoms with E-state index in [1.165, 1.54) is 24.3 Å². The zero-order chi connectivity index (χ0) is 16.3. The molecule has 0 saturated heterocycles. The normalized spacial score (nSPS) is 11.8. The Morgan fingerprint density at radius 3 is 2.45 bits per heavy atom. The summed E-state index contributed by atoms with van der Waals surface area (Å²) in [4.78, 5) is 22.9. The van der Waals surface area contributed by atoms with E-state index in [-0.39, 0.29) is 5.56 Å². The molecule has 0 fully saturated rings. The van der Waals surface area contributed by atoms with Crippen molar-refractivity contribution in [2.45, 2.75) is 6.18 Å². The highest BCUT2D eigenvalue weighted by atomic mass is 35.5. The van der Waals surface area contributed by atoms with E-state index in [9.17, 15) is 22.8 Å². The summed E-state index contributed by atoms with van der Waals surface area (Å²) in [6.07, 6.45) is -4.13. The number of nitrogens with one attached hydrogen (secondary N) is 3. The predicted octanol–water partition coefficient (Wildman–Crippen LogP) is 2.14. The van der Waals surface area contributed by atoms with E-state index in [0.29, 0.717) is 11.2 Å². The first kappa shape index (κ1) is 15.8. The topological polar surface area (TPSA) is 90.1 Å². The van der Waals surface area contributed by atoms with Gasteiger partial charge >= 0.3 is 6.18 Å². The Morgan fingerprint density at radius 1 is 1.23 bits per heavy atom. The number of aromatic nitrogens is 2. The maximum Gasteiger partial charge on any atom is 0.433 e. The molecule has 22 heavy (non-hydrogen) atoms. The third kappa shape index (κ3) is 3.55. The first-order valence-electron chi connectivity index (χ1n) is 5.76. The standard InChI is InChI=1S/C12H8ClF3N4O2/c13-7-3-1-6(2-4-7)10(21)19-17-5-8-9(12(14,15)16)18-20-11(8)22/h1-5H,(H,19,21)(H2,18,20,22). The molecule has 0 aliphatic carbocycles. The second kappa shape index (κ2) is 6.06. The number of H-pyrrole nitrogens is 2. The lowest BCUT2D eigenvalue weighted by atomic mass is 10.2. The number of nitrogens with zero attached hydrogens (tertiary/aromatic N) is 1. The fourth-order valence-corrected chi connectivity index (χ4v) is 1.66. The summed E-state index contributed by atoms with van der Waals surface area (Å²) in [6.45, 7) is 0. The summed E-state index contributed by atoms with van der Waals surface area (Å²) in [6, 6.07) is 5.77.